The largest absolute Gasteiger partial charge is 0.371 e. The van der Waals surface area contributed by atoms with Crippen LogP contribution in [0.15, 0.2) is 29.2 Å². The third-order valence-corrected chi connectivity index (χ3v) is 4.25. The highest BCUT2D eigenvalue weighted by molar-refractivity contribution is 9.09. The van der Waals surface area contributed by atoms with E-state index in [-0.39, 0.29) is 0 Å². The molecule has 0 heterocycles. The first-order valence-electron chi connectivity index (χ1n) is 6.10. The molecular weight excluding hydrogens is 314 g/mol. The maximum atomic E-state index is 11.4. The number of sulfone groups is 1. The molecule has 1 aromatic carbocycles. The summed E-state index contributed by atoms with van der Waals surface area (Å²) < 4.78 is 22.8. The number of benzene rings is 1. The van der Waals surface area contributed by atoms with Crippen LogP contribution in [0.3, 0.4) is 0 Å². The lowest BCUT2D eigenvalue weighted by Gasteiger charge is -2.24. The molecule has 0 fully saturated rings. The van der Waals surface area contributed by atoms with Crippen LogP contribution in [0, 0.1) is 0 Å². The lowest BCUT2D eigenvalue weighted by Crippen LogP contribution is -2.26. The zero-order valence-corrected chi connectivity index (χ0v) is 13.3. The molecule has 1 aromatic rings. The monoisotopic (exact) mass is 333 g/mol. The van der Waals surface area contributed by atoms with Crippen molar-refractivity contribution in [3.63, 3.8) is 0 Å². The molecule has 0 unspecified atom stereocenters. The number of hydrogen-bond acceptors (Lipinski definition) is 3. The SMILES string of the molecule is CCCCN(CCBr)c1ccc(S(C)(=O)=O)cc1. The molecule has 0 saturated carbocycles. The van der Waals surface area contributed by atoms with E-state index >= 15 is 0 Å². The van der Waals surface area contributed by atoms with Crippen molar-refractivity contribution in [1.82, 2.24) is 0 Å². The molecule has 0 aliphatic carbocycles. The third kappa shape index (κ3) is 4.61. The minimum Gasteiger partial charge on any atom is -0.371 e. The summed E-state index contributed by atoms with van der Waals surface area (Å²) in [5.41, 5.74) is 1.08. The second kappa shape index (κ2) is 7.14. The Hall–Kier alpha value is -0.550. The summed E-state index contributed by atoms with van der Waals surface area (Å²) in [6.07, 6.45) is 3.52. The molecule has 0 N–H and O–H groups in total. The van der Waals surface area contributed by atoms with Gasteiger partial charge >= 0.3 is 0 Å². The van der Waals surface area contributed by atoms with Crippen molar-refractivity contribution < 1.29 is 8.42 Å². The van der Waals surface area contributed by atoms with Gasteiger partial charge in [0.25, 0.3) is 0 Å². The molecule has 0 bridgehead atoms. The smallest absolute Gasteiger partial charge is 0.175 e. The van der Waals surface area contributed by atoms with Crippen LogP contribution < -0.4 is 4.90 Å². The van der Waals surface area contributed by atoms with Crippen molar-refractivity contribution in [1.29, 1.82) is 0 Å². The summed E-state index contributed by atoms with van der Waals surface area (Å²) in [5.74, 6) is 0. The van der Waals surface area contributed by atoms with Gasteiger partial charge in [0.1, 0.15) is 0 Å². The molecular formula is C13H20BrNO2S. The number of alkyl halides is 1. The van der Waals surface area contributed by atoms with E-state index in [1.807, 2.05) is 12.1 Å². The van der Waals surface area contributed by atoms with Gasteiger partial charge in [0.05, 0.1) is 4.90 Å². The summed E-state index contributed by atoms with van der Waals surface area (Å²) in [6, 6.07) is 7.12. The number of halogens is 1. The summed E-state index contributed by atoms with van der Waals surface area (Å²) in [7, 11) is -3.10. The Kier molecular flexibility index (Phi) is 6.15. The van der Waals surface area contributed by atoms with Crippen LogP contribution >= 0.6 is 15.9 Å². The molecule has 0 aliphatic heterocycles. The van der Waals surface area contributed by atoms with Crippen LogP contribution in [0.5, 0.6) is 0 Å². The molecule has 0 aromatic heterocycles. The van der Waals surface area contributed by atoms with Crippen molar-refractivity contribution in [2.75, 3.05) is 29.6 Å². The maximum Gasteiger partial charge on any atom is 0.175 e. The fourth-order valence-electron chi connectivity index (χ4n) is 1.73. The fourth-order valence-corrected chi connectivity index (χ4v) is 2.78. The van der Waals surface area contributed by atoms with E-state index in [0.717, 1.165) is 36.9 Å². The Morgan fingerprint density at radius 1 is 1.17 bits per heavy atom. The Labute approximate surface area is 118 Å². The topological polar surface area (TPSA) is 37.4 Å². The predicted octanol–water partition coefficient (Wildman–Crippen LogP) is 3.09. The van der Waals surface area contributed by atoms with Gasteiger partial charge in [-0.15, -0.1) is 0 Å². The van der Waals surface area contributed by atoms with Crippen molar-refractivity contribution in [2.24, 2.45) is 0 Å². The van der Waals surface area contributed by atoms with Gasteiger partial charge in [-0.3, -0.25) is 0 Å². The van der Waals surface area contributed by atoms with Gasteiger partial charge in [-0.2, -0.15) is 0 Å². The Morgan fingerprint density at radius 3 is 2.22 bits per heavy atom. The lowest BCUT2D eigenvalue weighted by molar-refractivity contribution is 0.602. The van der Waals surface area contributed by atoms with E-state index in [4.69, 9.17) is 0 Å². The molecule has 0 radical (unpaired) electrons. The Balaban J connectivity index is 2.86. The Morgan fingerprint density at radius 2 is 1.78 bits per heavy atom. The second-order valence-corrected chi connectivity index (χ2v) is 7.10. The van der Waals surface area contributed by atoms with E-state index in [1.54, 1.807) is 12.1 Å². The van der Waals surface area contributed by atoms with E-state index < -0.39 is 9.84 Å². The van der Waals surface area contributed by atoms with Gasteiger partial charge < -0.3 is 4.90 Å². The molecule has 0 saturated heterocycles. The highest BCUT2D eigenvalue weighted by Crippen LogP contribution is 2.18. The van der Waals surface area contributed by atoms with Gasteiger partial charge in [-0.1, -0.05) is 29.3 Å². The highest BCUT2D eigenvalue weighted by atomic mass is 79.9. The van der Waals surface area contributed by atoms with Gasteiger partial charge in [-0.25, -0.2) is 8.42 Å². The van der Waals surface area contributed by atoms with Gasteiger partial charge in [0.15, 0.2) is 9.84 Å². The van der Waals surface area contributed by atoms with Crippen LogP contribution in [0.2, 0.25) is 0 Å². The summed E-state index contributed by atoms with van der Waals surface area (Å²) >= 11 is 3.45. The molecule has 5 heteroatoms. The van der Waals surface area contributed by atoms with Gasteiger partial charge in [0, 0.05) is 30.4 Å². The van der Waals surface area contributed by atoms with E-state index in [9.17, 15) is 8.42 Å². The molecule has 3 nitrogen and oxygen atoms in total. The third-order valence-electron chi connectivity index (χ3n) is 2.77. The first kappa shape index (κ1) is 15.5. The molecule has 102 valence electrons. The Bertz CT molecular complexity index is 456. The highest BCUT2D eigenvalue weighted by Gasteiger charge is 2.09. The molecule has 1 rings (SSSR count). The first-order valence-corrected chi connectivity index (χ1v) is 9.11. The zero-order valence-electron chi connectivity index (χ0n) is 10.9. The quantitative estimate of drug-likeness (QED) is 0.719. The van der Waals surface area contributed by atoms with Crippen LogP contribution in [0.4, 0.5) is 5.69 Å². The summed E-state index contributed by atoms with van der Waals surface area (Å²) in [4.78, 5) is 2.64. The normalized spacial score (nSPS) is 11.5. The van der Waals surface area contributed by atoms with E-state index in [2.05, 4.69) is 27.8 Å². The van der Waals surface area contributed by atoms with Gasteiger partial charge in [0.2, 0.25) is 0 Å². The number of rotatable bonds is 7. The fraction of sp³-hybridized carbons (Fsp3) is 0.538. The van der Waals surface area contributed by atoms with E-state index in [0.29, 0.717) is 4.90 Å². The average Bonchev–Trinajstić information content (AvgIpc) is 2.33. The summed E-state index contributed by atoms with van der Waals surface area (Å²) in [6.45, 7) is 4.09. The van der Waals surface area contributed by atoms with Crippen LogP contribution in [0.25, 0.3) is 0 Å². The van der Waals surface area contributed by atoms with Crippen molar-refractivity contribution in [3.05, 3.63) is 24.3 Å². The van der Waals surface area contributed by atoms with Crippen LogP contribution in [-0.4, -0.2) is 33.1 Å². The van der Waals surface area contributed by atoms with Crippen molar-refractivity contribution in [3.8, 4) is 0 Å². The minimum absolute atomic E-state index is 0.375. The number of nitrogens with zero attached hydrogens (tertiary/aromatic N) is 1. The van der Waals surface area contributed by atoms with Crippen LogP contribution in [0.1, 0.15) is 19.8 Å². The number of unbranched alkanes of at least 4 members (excludes halogenated alkanes) is 1. The predicted molar refractivity (Wildman–Crippen MR) is 80.5 cm³/mol. The van der Waals surface area contributed by atoms with Crippen molar-refractivity contribution >= 4 is 31.5 Å². The minimum atomic E-state index is -3.10. The lowest BCUT2D eigenvalue weighted by atomic mass is 10.2. The molecule has 0 atom stereocenters. The maximum absolute atomic E-state index is 11.4. The zero-order chi connectivity index (χ0) is 13.6. The number of anilines is 1. The first-order chi connectivity index (χ1) is 8.49. The summed E-state index contributed by atoms with van der Waals surface area (Å²) in [5, 5.41) is 0.907. The average molecular weight is 334 g/mol. The molecule has 0 spiro atoms. The molecule has 0 aliphatic rings. The number of hydrogen-bond donors (Lipinski definition) is 0. The van der Waals surface area contributed by atoms with Crippen LogP contribution in [-0.2, 0) is 9.84 Å². The second-order valence-electron chi connectivity index (χ2n) is 4.30. The van der Waals surface area contributed by atoms with E-state index in [1.165, 1.54) is 6.26 Å². The molecule has 0 amide bonds. The van der Waals surface area contributed by atoms with Crippen molar-refractivity contribution in [2.45, 2.75) is 24.7 Å². The van der Waals surface area contributed by atoms with Gasteiger partial charge in [-0.05, 0) is 30.7 Å². The standard InChI is InChI=1S/C13H20BrNO2S/c1-3-4-10-15(11-9-14)12-5-7-13(8-6-12)18(2,16)17/h5-8H,3-4,9-11H2,1-2H3. The molecule has 18 heavy (non-hydrogen) atoms.